The molecule has 4 rings (SSSR count). The molecule has 4 aromatic rings. The van der Waals surface area contributed by atoms with Crippen molar-refractivity contribution in [2.45, 2.75) is 13.0 Å². The Morgan fingerprint density at radius 2 is 1.76 bits per heavy atom. The van der Waals surface area contributed by atoms with E-state index in [1.807, 2.05) is 71.7 Å². The number of benzene rings is 2. The number of carbonyl (C=O) groups is 2. The van der Waals surface area contributed by atoms with Gasteiger partial charge in [-0.25, -0.2) is 0 Å². The second kappa shape index (κ2) is 11.0. The molecule has 0 aliphatic heterocycles. The number of hydrogen-bond acceptors (Lipinski definition) is 4. The topological polar surface area (TPSA) is 73.3 Å². The Morgan fingerprint density at radius 3 is 2.56 bits per heavy atom. The number of aromatic amines is 1. The second-order valence-electron chi connectivity index (χ2n) is 7.77. The summed E-state index contributed by atoms with van der Waals surface area (Å²) in [4.78, 5) is 27.6. The fraction of sp³-hybridized carbons (Fsp3) is 0.143. The highest BCUT2D eigenvalue weighted by Gasteiger charge is 2.07. The number of methoxy groups -OCH3 is 1. The number of ketones is 2. The number of aromatic nitrogens is 2. The minimum Gasteiger partial charge on any atom is -0.496 e. The molecule has 0 bridgehead atoms. The molecule has 0 saturated heterocycles. The first-order valence-corrected chi connectivity index (χ1v) is 11.0. The standard InChI is InChI=1S/C28H26N2O4/c1-33-28-20-26(34-17-16-30-14-2-3-15-30)11-8-23(28)7-10-25(32)19-24(31)9-5-21-4-6-22-12-13-29-27(22)18-21/h2-15,18,20,29H,16-17,19H2,1H3. The average Bonchev–Trinajstić information content (AvgIpc) is 3.53. The minimum atomic E-state index is -0.274. The number of nitrogens with one attached hydrogen (secondary N) is 1. The number of ether oxygens (including phenoxy) is 2. The van der Waals surface area contributed by atoms with Crippen molar-refractivity contribution < 1.29 is 19.1 Å². The van der Waals surface area contributed by atoms with Crippen molar-refractivity contribution in [1.29, 1.82) is 0 Å². The lowest BCUT2D eigenvalue weighted by Crippen LogP contribution is -2.06. The molecule has 2 aromatic heterocycles. The van der Waals surface area contributed by atoms with Gasteiger partial charge in [-0.05, 0) is 65.6 Å². The maximum absolute atomic E-state index is 12.3. The summed E-state index contributed by atoms with van der Waals surface area (Å²) in [5, 5.41) is 1.11. The molecule has 0 aliphatic carbocycles. The molecule has 6 heteroatoms. The third kappa shape index (κ3) is 6.13. The summed E-state index contributed by atoms with van der Waals surface area (Å²) >= 11 is 0. The van der Waals surface area contributed by atoms with Crippen LogP contribution in [-0.4, -0.2) is 34.8 Å². The number of H-pyrrole nitrogens is 1. The van der Waals surface area contributed by atoms with Gasteiger partial charge in [0.1, 0.15) is 18.1 Å². The molecular weight excluding hydrogens is 428 g/mol. The molecule has 6 nitrogen and oxygen atoms in total. The molecule has 2 heterocycles. The van der Waals surface area contributed by atoms with Gasteiger partial charge in [-0.1, -0.05) is 18.2 Å². The molecule has 0 amide bonds. The van der Waals surface area contributed by atoms with Crippen LogP contribution in [0.1, 0.15) is 17.5 Å². The van der Waals surface area contributed by atoms with Gasteiger partial charge in [0.05, 0.1) is 20.1 Å². The molecule has 0 unspecified atom stereocenters. The van der Waals surface area contributed by atoms with Crippen molar-refractivity contribution in [1.82, 2.24) is 9.55 Å². The summed E-state index contributed by atoms with van der Waals surface area (Å²) in [5.74, 6) is 0.752. The Morgan fingerprint density at radius 1 is 0.971 bits per heavy atom. The summed E-state index contributed by atoms with van der Waals surface area (Å²) in [6.45, 7) is 1.27. The molecule has 34 heavy (non-hydrogen) atoms. The summed E-state index contributed by atoms with van der Waals surface area (Å²) in [6.07, 6.45) is 11.9. The molecule has 0 aliphatic rings. The number of rotatable bonds is 11. The first-order chi connectivity index (χ1) is 16.6. The fourth-order valence-corrected chi connectivity index (χ4v) is 3.54. The van der Waals surface area contributed by atoms with E-state index in [-0.39, 0.29) is 18.0 Å². The van der Waals surface area contributed by atoms with E-state index in [2.05, 4.69) is 4.98 Å². The maximum atomic E-state index is 12.3. The predicted molar refractivity (Wildman–Crippen MR) is 134 cm³/mol. The zero-order valence-electron chi connectivity index (χ0n) is 18.9. The van der Waals surface area contributed by atoms with Crippen LogP contribution in [0.5, 0.6) is 11.5 Å². The number of fused-ring (bicyclic) bond motifs is 1. The Bertz CT molecular complexity index is 1330. The van der Waals surface area contributed by atoms with Crippen LogP contribution in [0.15, 0.2) is 85.3 Å². The maximum Gasteiger partial charge on any atom is 0.163 e. The van der Waals surface area contributed by atoms with Crippen molar-refractivity contribution in [3.8, 4) is 11.5 Å². The van der Waals surface area contributed by atoms with Gasteiger partial charge in [-0.15, -0.1) is 0 Å². The third-order valence-electron chi connectivity index (χ3n) is 5.33. The Balaban J connectivity index is 1.30. The van der Waals surface area contributed by atoms with E-state index in [1.165, 1.54) is 12.2 Å². The van der Waals surface area contributed by atoms with Gasteiger partial charge in [0, 0.05) is 35.7 Å². The van der Waals surface area contributed by atoms with Crippen molar-refractivity contribution in [3.05, 3.63) is 96.5 Å². The lowest BCUT2D eigenvalue weighted by Gasteiger charge is -2.10. The Hall–Kier alpha value is -4.32. The largest absolute Gasteiger partial charge is 0.496 e. The Labute approximate surface area is 198 Å². The van der Waals surface area contributed by atoms with Crippen molar-refractivity contribution in [3.63, 3.8) is 0 Å². The highest BCUT2D eigenvalue weighted by Crippen LogP contribution is 2.26. The van der Waals surface area contributed by atoms with Gasteiger partial charge in [0.2, 0.25) is 0 Å². The lowest BCUT2D eigenvalue weighted by atomic mass is 10.1. The van der Waals surface area contributed by atoms with Gasteiger partial charge in [0.25, 0.3) is 0 Å². The number of nitrogens with zero attached hydrogens (tertiary/aromatic N) is 1. The summed E-state index contributed by atoms with van der Waals surface area (Å²) in [6, 6.07) is 17.2. The van der Waals surface area contributed by atoms with Gasteiger partial charge < -0.3 is 19.0 Å². The quantitative estimate of drug-likeness (QED) is 0.246. The van der Waals surface area contributed by atoms with Crippen LogP contribution < -0.4 is 9.47 Å². The molecule has 0 spiro atoms. The Kier molecular flexibility index (Phi) is 7.40. The number of allylic oxidation sites excluding steroid dienone is 2. The minimum absolute atomic E-state index is 0.194. The first-order valence-electron chi connectivity index (χ1n) is 11.0. The highest BCUT2D eigenvalue weighted by atomic mass is 16.5. The number of carbonyl (C=O) groups excluding carboxylic acids is 2. The van der Waals surface area contributed by atoms with Crippen LogP contribution in [-0.2, 0) is 16.1 Å². The van der Waals surface area contributed by atoms with Gasteiger partial charge in [0.15, 0.2) is 11.6 Å². The van der Waals surface area contributed by atoms with Crippen LogP contribution in [0.4, 0.5) is 0 Å². The molecule has 172 valence electrons. The third-order valence-corrected chi connectivity index (χ3v) is 5.33. The molecule has 0 saturated carbocycles. The average molecular weight is 455 g/mol. The van der Waals surface area contributed by atoms with Gasteiger partial charge in [-0.2, -0.15) is 0 Å². The smallest absolute Gasteiger partial charge is 0.163 e. The van der Waals surface area contributed by atoms with E-state index >= 15 is 0 Å². The second-order valence-corrected chi connectivity index (χ2v) is 7.77. The SMILES string of the molecule is COc1cc(OCCn2cccc2)ccc1C=CC(=O)CC(=O)C=Cc1ccc2cc[nH]c2c1. The fourth-order valence-electron chi connectivity index (χ4n) is 3.54. The van der Waals surface area contributed by atoms with E-state index in [0.29, 0.717) is 18.1 Å². The van der Waals surface area contributed by atoms with E-state index in [4.69, 9.17) is 9.47 Å². The van der Waals surface area contributed by atoms with Crippen LogP contribution in [0.3, 0.4) is 0 Å². The van der Waals surface area contributed by atoms with Crippen molar-refractivity contribution >= 4 is 34.6 Å². The molecule has 2 aromatic carbocycles. The monoisotopic (exact) mass is 454 g/mol. The first kappa shape index (κ1) is 22.9. The van der Waals surface area contributed by atoms with E-state index < -0.39 is 0 Å². The predicted octanol–water partition coefficient (Wildman–Crippen LogP) is 5.31. The lowest BCUT2D eigenvalue weighted by molar-refractivity contribution is -0.121. The van der Waals surface area contributed by atoms with E-state index in [9.17, 15) is 9.59 Å². The molecule has 0 atom stereocenters. The van der Waals surface area contributed by atoms with Crippen LogP contribution >= 0.6 is 0 Å². The van der Waals surface area contributed by atoms with Crippen LogP contribution in [0.2, 0.25) is 0 Å². The van der Waals surface area contributed by atoms with E-state index in [0.717, 1.165) is 28.6 Å². The van der Waals surface area contributed by atoms with E-state index in [1.54, 1.807) is 25.3 Å². The zero-order chi connectivity index (χ0) is 23.8. The number of hydrogen-bond donors (Lipinski definition) is 1. The van der Waals surface area contributed by atoms with Crippen molar-refractivity contribution in [2.24, 2.45) is 0 Å². The van der Waals surface area contributed by atoms with Crippen LogP contribution in [0.25, 0.3) is 23.1 Å². The van der Waals surface area contributed by atoms with Gasteiger partial charge >= 0.3 is 0 Å². The van der Waals surface area contributed by atoms with Crippen LogP contribution in [0, 0.1) is 0 Å². The molecular formula is C28H26N2O4. The summed E-state index contributed by atoms with van der Waals surface area (Å²) < 4.78 is 13.3. The highest BCUT2D eigenvalue weighted by molar-refractivity contribution is 6.11. The van der Waals surface area contributed by atoms with Crippen molar-refractivity contribution in [2.75, 3.05) is 13.7 Å². The summed E-state index contributed by atoms with van der Waals surface area (Å²) in [5.41, 5.74) is 2.63. The normalized spacial score (nSPS) is 11.4. The molecule has 0 radical (unpaired) electrons. The zero-order valence-corrected chi connectivity index (χ0v) is 18.9. The van der Waals surface area contributed by atoms with Gasteiger partial charge in [-0.3, -0.25) is 9.59 Å². The molecule has 1 N–H and O–H groups in total. The summed E-state index contributed by atoms with van der Waals surface area (Å²) in [7, 11) is 1.57. The molecule has 0 fully saturated rings.